The molecule has 0 aliphatic rings. The third-order valence-corrected chi connectivity index (χ3v) is 2.88. The Morgan fingerprint density at radius 1 is 1.48 bits per heavy atom. The van der Waals surface area contributed by atoms with Crippen molar-refractivity contribution in [2.75, 3.05) is 7.11 Å². The van der Waals surface area contributed by atoms with Crippen LogP contribution >= 0.6 is 11.6 Å². The highest BCUT2D eigenvalue weighted by molar-refractivity contribution is 6.30. The molecule has 2 rings (SSSR count). The number of aliphatic hydroxyl groups is 1. The number of nitrogens with one attached hydrogen (secondary N) is 1. The molecule has 0 saturated carbocycles. The first-order chi connectivity index (χ1) is 10.1. The van der Waals surface area contributed by atoms with Crippen molar-refractivity contribution >= 4 is 17.5 Å². The van der Waals surface area contributed by atoms with Crippen LogP contribution in [0, 0.1) is 0 Å². The second-order valence-corrected chi connectivity index (χ2v) is 4.65. The van der Waals surface area contributed by atoms with Gasteiger partial charge in [-0.2, -0.15) is 4.98 Å². The van der Waals surface area contributed by atoms with Crippen LogP contribution in [-0.2, 0) is 22.7 Å². The van der Waals surface area contributed by atoms with E-state index in [2.05, 4.69) is 15.5 Å². The fourth-order valence-electron chi connectivity index (χ4n) is 1.60. The number of hydrogen-bond acceptors (Lipinski definition) is 6. The van der Waals surface area contributed by atoms with E-state index < -0.39 is 12.0 Å². The molecule has 2 aromatic rings. The van der Waals surface area contributed by atoms with E-state index in [0.29, 0.717) is 22.3 Å². The number of methoxy groups -OCH3 is 1. The highest BCUT2D eigenvalue weighted by atomic mass is 35.5. The van der Waals surface area contributed by atoms with Gasteiger partial charge < -0.3 is 19.7 Å². The van der Waals surface area contributed by atoms with Crippen LogP contribution in [0.15, 0.2) is 28.8 Å². The van der Waals surface area contributed by atoms with Gasteiger partial charge in [0.25, 0.3) is 11.8 Å². The lowest BCUT2D eigenvalue weighted by Crippen LogP contribution is -2.29. The number of benzene rings is 1. The fourth-order valence-corrected chi connectivity index (χ4v) is 1.73. The largest absolute Gasteiger partial charge is 0.378 e. The maximum atomic E-state index is 11.8. The van der Waals surface area contributed by atoms with Crippen molar-refractivity contribution in [2.45, 2.75) is 19.3 Å². The summed E-state index contributed by atoms with van der Waals surface area (Å²) in [7, 11) is 1.51. The molecule has 0 radical (unpaired) electrons. The van der Waals surface area contributed by atoms with E-state index in [4.69, 9.17) is 20.9 Å². The first-order valence-corrected chi connectivity index (χ1v) is 6.49. The summed E-state index contributed by atoms with van der Waals surface area (Å²) in [4.78, 5) is 15.8. The summed E-state index contributed by atoms with van der Waals surface area (Å²) in [5.41, 5.74) is 0.449. The minimum atomic E-state index is -1.28. The minimum absolute atomic E-state index is 0.0523. The molecule has 0 aliphatic carbocycles. The Balaban J connectivity index is 1.89. The van der Waals surface area contributed by atoms with Gasteiger partial charge in [-0.15, -0.1) is 0 Å². The number of carbonyl (C=O) groups is 1. The van der Waals surface area contributed by atoms with Gasteiger partial charge in [0.2, 0.25) is 0 Å². The van der Waals surface area contributed by atoms with Crippen LogP contribution in [0.25, 0.3) is 0 Å². The van der Waals surface area contributed by atoms with Gasteiger partial charge in [0.15, 0.2) is 11.9 Å². The molecular formula is C13H14ClN3O4. The van der Waals surface area contributed by atoms with Crippen molar-refractivity contribution in [1.82, 2.24) is 15.5 Å². The monoisotopic (exact) mass is 311 g/mol. The van der Waals surface area contributed by atoms with Crippen LogP contribution in [-0.4, -0.2) is 28.3 Å². The lowest BCUT2D eigenvalue weighted by molar-refractivity contribution is -0.129. The molecule has 0 aliphatic heterocycles. The van der Waals surface area contributed by atoms with Gasteiger partial charge in [-0.05, 0) is 17.7 Å². The Morgan fingerprint density at radius 3 is 2.86 bits per heavy atom. The highest BCUT2D eigenvalue weighted by Gasteiger charge is 2.17. The van der Waals surface area contributed by atoms with Crippen molar-refractivity contribution in [3.8, 4) is 0 Å². The minimum Gasteiger partial charge on any atom is -0.378 e. The molecule has 0 saturated heterocycles. The normalized spacial score (nSPS) is 12.1. The zero-order chi connectivity index (χ0) is 15.2. The average molecular weight is 312 g/mol. The lowest BCUT2D eigenvalue weighted by atomic mass is 10.1. The van der Waals surface area contributed by atoms with Gasteiger partial charge in [0, 0.05) is 12.1 Å². The number of rotatable bonds is 6. The summed E-state index contributed by atoms with van der Waals surface area (Å²) in [6, 6.07) is 6.36. The molecule has 1 heterocycles. The molecule has 7 nitrogen and oxygen atoms in total. The molecule has 112 valence electrons. The van der Waals surface area contributed by atoms with Crippen LogP contribution < -0.4 is 5.32 Å². The van der Waals surface area contributed by atoms with Crippen LogP contribution in [0.3, 0.4) is 0 Å². The number of carbonyl (C=O) groups excluding carboxylic acids is 1. The van der Waals surface area contributed by atoms with Crippen LogP contribution in [0.4, 0.5) is 0 Å². The van der Waals surface area contributed by atoms with Gasteiger partial charge in [0.1, 0.15) is 6.61 Å². The lowest BCUT2D eigenvalue weighted by Gasteiger charge is -2.10. The summed E-state index contributed by atoms with van der Waals surface area (Å²) in [6.07, 6.45) is -1.28. The first-order valence-electron chi connectivity index (χ1n) is 6.12. The summed E-state index contributed by atoms with van der Waals surface area (Å²) >= 11 is 5.75. The molecule has 0 fully saturated rings. The maximum absolute atomic E-state index is 11.8. The van der Waals surface area contributed by atoms with E-state index in [-0.39, 0.29) is 13.2 Å². The predicted molar refractivity (Wildman–Crippen MR) is 73.3 cm³/mol. The Kier molecular flexibility index (Phi) is 5.26. The Morgan fingerprint density at radius 2 is 2.19 bits per heavy atom. The van der Waals surface area contributed by atoms with Crippen molar-refractivity contribution in [3.05, 3.63) is 46.6 Å². The molecule has 21 heavy (non-hydrogen) atoms. The van der Waals surface area contributed by atoms with Gasteiger partial charge in [-0.1, -0.05) is 28.9 Å². The second kappa shape index (κ2) is 7.16. The van der Waals surface area contributed by atoms with Gasteiger partial charge in [-0.25, -0.2) is 0 Å². The molecule has 0 bridgehead atoms. The number of ether oxygens (including phenoxy) is 1. The van der Waals surface area contributed by atoms with Crippen molar-refractivity contribution in [2.24, 2.45) is 0 Å². The van der Waals surface area contributed by atoms with Gasteiger partial charge in [0.05, 0.1) is 6.54 Å². The summed E-state index contributed by atoms with van der Waals surface area (Å²) in [5, 5.41) is 16.6. The summed E-state index contributed by atoms with van der Waals surface area (Å²) in [5.74, 6) is 0.0640. The quantitative estimate of drug-likeness (QED) is 0.832. The third kappa shape index (κ3) is 4.25. The van der Waals surface area contributed by atoms with Crippen molar-refractivity contribution < 1.29 is 19.2 Å². The predicted octanol–water partition coefficient (Wildman–Crippen LogP) is 1.22. The van der Waals surface area contributed by atoms with E-state index in [9.17, 15) is 9.90 Å². The van der Waals surface area contributed by atoms with Crippen LogP contribution in [0.1, 0.15) is 23.4 Å². The molecule has 1 amide bonds. The first kappa shape index (κ1) is 15.4. The standard InChI is InChI=1S/C13H14ClN3O4/c1-20-7-11-16-10(17-21-11)6-15-13(19)12(18)8-2-4-9(14)5-3-8/h2-5,12,18H,6-7H2,1H3,(H,15,19)/t12-/m0/s1. The number of aliphatic hydroxyl groups excluding tert-OH is 1. The van der Waals surface area contributed by atoms with Crippen LogP contribution in [0.2, 0.25) is 5.02 Å². The van der Waals surface area contributed by atoms with Crippen molar-refractivity contribution in [3.63, 3.8) is 0 Å². The molecule has 2 N–H and O–H groups in total. The molecule has 1 aromatic heterocycles. The summed E-state index contributed by atoms with van der Waals surface area (Å²) < 4.78 is 9.72. The van der Waals surface area contributed by atoms with Gasteiger partial charge >= 0.3 is 0 Å². The second-order valence-electron chi connectivity index (χ2n) is 4.21. The number of nitrogens with zero attached hydrogens (tertiary/aromatic N) is 2. The Labute approximate surface area is 125 Å². The average Bonchev–Trinajstić information content (AvgIpc) is 2.93. The van der Waals surface area contributed by atoms with Gasteiger partial charge in [-0.3, -0.25) is 4.79 Å². The van der Waals surface area contributed by atoms with Crippen molar-refractivity contribution in [1.29, 1.82) is 0 Å². The smallest absolute Gasteiger partial charge is 0.253 e. The fraction of sp³-hybridized carbons (Fsp3) is 0.308. The van der Waals surface area contributed by atoms with E-state index >= 15 is 0 Å². The Hall–Kier alpha value is -1.96. The zero-order valence-electron chi connectivity index (χ0n) is 11.2. The summed E-state index contributed by atoms with van der Waals surface area (Å²) in [6.45, 7) is 0.255. The van der Waals surface area contributed by atoms with E-state index in [0.717, 1.165) is 0 Å². The Bertz CT molecular complexity index is 600. The number of aromatic nitrogens is 2. The zero-order valence-corrected chi connectivity index (χ0v) is 12.0. The number of hydrogen-bond donors (Lipinski definition) is 2. The topological polar surface area (TPSA) is 97.5 Å². The molecule has 8 heteroatoms. The molecule has 0 spiro atoms. The molecular weight excluding hydrogens is 298 g/mol. The van der Waals surface area contributed by atoms with Crippen LogP contribution in [0.5, 0.6) is 0 Å². The number of halogens is 1. The SMILES string of the molecule is COCc1nc(CNC(=O)[C@@H](O)c2ccc(Cl)cc2)no1. The van der Waals surface area contributed by atoms with E-state index in [1.54, 1.807) is 24.3 Å². The molecule has 1 atom stereocenters. The number of amides is 1. The molecule has 0 unspecified atom stereocenters. The van der Waals surface area contributed by atoms with E-state index in [1.165, 1.54) is 7.11 Å². The third-order valence-electron chi connectivity index (χ3n) is 2.63. The van der Waals surface area contributed by atoms with E-state index in [1.807, 2.05) is 0 Å². The maximum Gasteiger partial charge on any atom is 0.253 e. The highest BCUT2D eigenvalue weighted by Crippen LogP contribution is 2.16. The molecule has 1 aromatic carbocycles.